The number of carbonyl (C=O) groups is 3. The number of ketones is 1. The molecule has 0 heterocycles. The van der Waals surface area contributed by atoms with E-state index in [2.05, 4.69) is 36.6 Å². The van der Waals surface area contributed by atoms with Crippen molar-refractivity contribution in [2.75, 3.05) is 13.2 Å². The van der Waals surface area contributed by atoms with E-state index in [-0.39, 0.29) is 25.2 Å². The van der Waals surface area contributed by atoms with E-state index in [9.17, 15) is 18.9 Å². The van der Waals surface area contributed by atoms with Crippen LogP contribution >= 0.6 is 7.82 Å². The van der Waals surface area contributed by atoms with Gasteiger partial charge in [0.2, 0.25) is 0 Å². The third kappa shape index (κ3) is 35.1. The summed E-state index contributed by atoms with van der Waals surface area (Å²) < 4.78 is 26.2. The minimum absolute atomic E-state index is 0.173. The molecule has 0 amide bonds. The van der Waals surface area contributed by atoms with Gasteiger partial charge in [0.05, 0.1) is 6.61 Å². The van der Waals surface area contributed by atoms with Gasteiger partial charge in [0.1, 0.15) is 6.61 Å². The van der Waals surface area contributed by atoms with Crippen LogP contribution in [-0.4, -0.2) is 46.8 Å². The standard InChI is InChI=1S/C37H65O9P/c1-3-5-7-8-9-10-11-12-13-16-20-23-27-31-37(40)46-35(33-45-47(41,42)43)32-44-36(39)30-26-22-19-17-14-15-18-21-25-29-34(38)28-24-6-4-2/h10-11,18,21,25,29,35H,3-9,12-17,19-20,22-24,26-28,30-33H2,1-2H3,(H2,41,42,43)/b11-10-,21-18-,29-25+/t35-/m1/s1. The van der Waals surface area contributed by atoms with Crippen LogP contribution in [0.3, 0.4) is 0 Å². The zero-order valence-corrected chi connectivity index (χ0v) is 30.3. The second-order valence-electron chi connectivity index (χ2n) is 12.2. The Kier molecular flexibility index (Phi) is 31.1. The van der Waals surface area contributed by atoms with Crippen molar-refractivity contribution in [1.29, 1.82) is 0 Å². The van der Waals surface area contributed by atoms with E-state index in [4.69, 9.17) is 19.3 Å². The van der Waals surface area contributed by atoms with Crippen molar-refractivity contribution in [3.8, 4) is 0 Å². The molecule has 0 unspecified atom stereocenters. The van der Waals surface area contributed by atoms with Crippen LogP contribution in [0.2, 0.25) is 0 Å². The lowest BCUT2D eigenvalue weighted by atomic mass is 10.1. The van der Waals surface area contributed by atoms with Crippen LogP contribution in [0.1, 0.15) is 162 Å². The van der Waals surface area contributed by atoms with Gasteiger partial charge >= 0.3 is 19.8 Å². The van der Waals surface area contributed by atoms with Crippen molar-refractivity contribution in [3.05, 3.63) is 36.5 Å². The van der Waals surface area contributed by atoms with E-state index in [1.54, 1.807) is 6.08 Å². The van der Waals surface area contributed by atoms with Crippen molar-refractivity contribution in [2.24, 2.45) is 0 Å². The van der Waals surface area contributed by atoms with Gasteiger partial charge in [-0.3, -0.25) is 18.9 Å². The Balaban J connectivity index is 4.07. The van der Waals surface area contributed by atoms with Crippen molar-refractivity contribution in [3.63, 3.8) is 0 Å². The summed E-state index contributed by atoms with van der Waals surface area (Å²) in [6, 6.07) is 0. The molecule has 0 aliphatic heterocycles. The first kappa shape index (κ1) is 44.9. The SMILES string of the molecule is CCCCCC/C=C\CCCCCCCC(=O)O[C@H](COC(=O)CCCCCCC/C=C\C=C\C(=O)CCCCC)COP(=O)(O)O. The van der Waals surface area contributed by atoms with Gasteiger partial charge in [0.15, 0.2) is 11.9 Å². The second kappa shape index (κ2) is 32.5. The van der Waals surface area contributed by atoms with E-state index in [1.807, 2.05) is 12.2 Å². The van der Waals surface area contributed by atoms with E-state index >= 15 is 0 Å². The molecular weight excluding hydrogens is 619 g/mol. The average Bonchev–Trinajstić information content (AvgIpc) is 3.03. The van der Waals surface area contributed by atoms with E-state index in [0.717, 1.165) is 89.9 Å². The monoisotopic (exact) mass is 684 g/mol. The number of ether oxygens (including phenoxy) is 2. The number of unbranched alkanes of at least 4 members (excludes halogenated alkanes) is 16. The predicted octanol–water partition coefficient (Wildman–Crippen LogP) is 9.80. The number of esters is 2. The minimum Gasteiger partial charge on any atom is -0.462 e. The van der Waals surface area contributed by atoms with Crippen LogP contribution in [0, 0.1) is 0 Å². The quantitative estimate of drug-likeness (QED) is 0.0173. The molecule has 0 radical (unpaired) electrons. The Morgan fingerprint density at radius 3 is 1.68 bits per heavy atom. The highest BCUT2D eigenvalue weighted by atomic mass is 31.2. The largest absolute Gasteiger partial charge is 0.469 e. The summed E-state index contributed by atoms with van der Waals surface area (Å²) in [6.07, 6.45) is 32.7. The third-order valence-corrected chi connectivity index (χ3v) is 8.09. The van der Waals surface area contributed by atoms with Crippen LogP contribution < -0.4 is 0 Å². The lowest BCUT2D eigenvalue weighted by Gasteiger charge is -2.18. The highest BCUT2D eigenvalue weighted by Crippen LogP contribution is 2.36. The molecule has 47 heavy (non-hydrogen) atoms. The maximum absolute atomic E-state index is 12.3. The molecule has 0 spiro atoms. The average molecular weight is 685 g/mol. The molecule has 272 valence electrons. The van der Waals surface area contributed by atoms with Crippen LogP contribution in [-0.2, 0) is 32.9 Å². The first-order valence-electron chi connectivity index (χ1n) is 18.2. The topological polar surface area (TPSA) is 136 Å². The highest BCUT2D eigenvalue weighted by Gasteiger charge is 2.22. The fourth-order valence-corrected chi connectivity index (χ4v) is 5.18. The van der Waals surface area contributed by atoms with Crippen LogP contribution in [0.4, 0.5) is 0 Å². The van der Waals surface area contributed by atoms with Crippen LogP contribution in [0.25, 0.3) is 0 Å². The Labute approximate surface area is 285 Å². The second-order valence-corrected chi connectivity index (χ2v) is 13.5. The van der Waals surface area contributed by atoms with Gasteiger partial charge in [0.25, 0.3) is 0 Å². The van der Waals surface area contributed by atoms with Gasteiger partial charge in [-0.05, 0) is 63.9 Å². The Bertz CT molecular complexity index is 923. The Hall–Kier alpha value is -2.06. The Morgan fingerprint density at radius 2 is 1.09 bits per heavy atom. The zero-order chi connectivity index (χ0) is 34.9. The Morgan fingerprint density at radius 1 is 0.596 bits per heavy atom. The molecule has 0 aromatic carbocycles. The van der Waals surface area contributed by atoms with Gasteiger partial charge in [-0.15, -0.1) is 0 Å². The molecule has 2 N–H and O–H groups in total. The molecule has 1 atom stereocenters. The number of hydrogen-bond donors (Lipinski definition) is 2. The molecule has 0 aromatic heterocycles. The first-order chi connectivity index (χ1) is 22.7. The smallest absolute Gasteiger partial charge is 0.462 e. The van der Waals surface area contributed by atoms with Crippen LogP contribution in [0.5, 0.6) is 0 Å². The summed E-state index contributed by atoms with van der Waals surface area (Å²) in [7, 11) is -4.77. The maximum Gasteiger partial charge on any atom is 0.469 e. The molecule has 0 saturated carbocycles. The summed E-state index contributed by atoms with van der Waals surface area (Å²) in [5, 5.41) is 0. The lowest BCUT2D eigenvalue weighted by Crippen LogP contribution is -2.29. The molecule has 0 bridgehead atoms. The van der Waals surface area contributed by atoms with E-state index in [1.165, 1.54) is 25.7 Å². The molecule has 0 aliphatic rings. The molecule has 0 fully saturated rings. The third-order valence-electron chi connectivity index (χ3n) is 7.61. The fraction of sp³-hybridized carbons (Fsp3) is 0.757. The highest BCUT2D eigenvalue weighted by molar-refractivity contribution is 7.46. The number of phosphoric acid groups is 1. The van der Waals surface area contributed by atoms with Gasteiger partial charge < -0.3 is 19.3 Å². The normalized spacial score (nSPS) is 12.8. The van der Waals surface area contributed by atoms with Crippen molar-refractivity contribution in [2.45, 2.75) is 168 Å². The minimum atomic E-state index is -4.77. The summed E-state index contributed by atoms with van der Waals surface area (Å²) in [5.74, 6) is -0.785. The molecule has 0 saturated heterocycles. The number of phosphoric ester groups is 1. The van der Waals surface area contributed by atoms with Gasteiger partial charge in [-0.2, -0.15) is 0 Å². The lowest BCUT2D eigenvalue weighted by molar-refractivity contribution is -0.161. The zero-order valence-electron chi connectivity index (χ0n) is 29.4. The molecule has 9 nitrogen and oxygen atoms in total. The van der Waals surface area contributed by atoms with E-state index < -0.39 is 32.5 Å². The maximum atomic E-state index is 12.3. The molecule has 0 rings (SSSR count). The number of allylic oxidation sites excluding steroid dienone is 6. The number of hydrogen-bond acceptors (Lipinski definition) is 7. The summed E-state index contributed by atoms with van der Waals surface area (Å²) >= 11 is 0. The van der Waals surface area contributed by atoms with Crippen molar-refractivity contribution in [1.82, 2.24) is 0 Å². The summed E-state index contributed by atoms with van der Waals surface area (Å²) in [5.41, 5.74) is 0. The molecule has 0 aromatic rings. The number of rotatable bonds is 33. The van der Waals surface area contributed by atoms with Crippen molar-refractivity contribution < 1.29 is 42.7 Å². The van der Waals surface area contributed by atoms with Gasteiger partial charge in [-0.25, -0.2) is 4.57 Å². The fourth-order valence-electron chi connectivity index (χ4n) is 4.82. The summed E-state index contributed by atoms with van der Waals surface area (Å²) in [6.45, 7) is 3.46. The van der Waals surface area contributed by atoms with Gasteiger partial charge in [0, 0.05) is 19.3 Å². The first-order valence-corrected chi connectivity index (χ1v) is 19.8. The van der Waals surface area contributed by atoms with E-state index in [0.29, 0.717) is 19.3 Å². The van der Waals surface area contributed by atoms with Gasteiger partial charge in [-0.1, -0.05) is 115 Å². The number of carbonyl (C=O) groups excluding carboxylic acids is 3. The predicted molar refractivity (Wildman–Crippen MR) is 189 cm³/mol. The molecular formula is C37H65O9P. The van der Waals surface area contributed by atoms with Crippen LogP contribution in [0.15, 0.2) is 36.5 Å². The summed E-state index contributed by atoms with van der Waals surface area (Å²) in [4.78, 5) is 54.3. The van der Waals surface area contributed by atoms with Crippen molar-refractivity contribution >= 4 is 25.5 Å². The molecule has 0 aliphatic carbocycles. The molecule has 10 heteroatoms.